The monoisotopic (exact) mass is 352 g/mol. The van der Waals surface area contributed by atoms with Gasteiger partial charge in [0.1, 0.15) is 5.69 Å². The molecule has 3 nitrogen and oxygen atoms in total. The Hall–Kier alpha value is -1.77. The van der Waals surface area contributed by atoms with Crippen molar-refractivity contribution in [3.8, 4) is 0 Å². The highest BCUT2D eigenvalue weighted by Gasteiger charge is 2.42. The molecular formula is C23H32N2O. The molecule has 1 amide bonds. The van der Waals surface area contributed by atoms with Crippen molar-refractivity contribution in [1.82, 2.24) is 9.88 Å². The first kappa shape index (κ1) is 17.6. The summed E-state index contributed by atoms with van der Waals surface area (Å²) in [6.07, 6.45) is 6.49. The Morgan fingerprint density at radius 2 is 2.08 bits per heavy atom. The summed E-state index contributed by atoms with van der Waals surface area (Å²) in [6, 6.07) is 6.90. The molecule has 2 bridgehead atoms. The van der Waals surface area contributed by atoms with Crippen molar-refractivity contribution in [2.75, 3.05) is 0 Å². The molecular weight excluding hydrogens is 320 g/mol. The lowest BCUT2D eigenvalue weighted by Gasteiger charge is -2.28. The van der Waals surface area contributed by atoms with Gasteiger partial charge in [-0.05, 0) is 87.5 Å². The number of rotatable bonds is 5. The quantitative estimate of drug-likeness (QED) is 0.799. The van der Waals surface area contributed by atoms with Crippen LogP contribution in [0.5, 0.6) is 0 Å². The molecule has 2 fully saturated rings. The number of fused-ring (bicyclic) bond motifs is 3. The topological polar surface area (TPSA) is 34.0 Å². The minimum Gasteiger partial charge on any atom is -0.348 e. The van der Waals surface area contributed by atoms with E-state index in [-0.39, 0.29) is 11.9 Å². The van der Waals surface area contributed by atoms with E-state index in [4.69, 9.17) is 0 Å². The summed E-state index contributed by atoms with van der Waals surface area (Å²) < 4.78 is 2.19. The molecule has 2 aliphatic rings. The third-order valence-corrected chi connectivity index (χ3v) is 7.11. The number of hydrogen-bond acceptors (Lipinski definition) is 1. The van der Waals surface area contributed by atoms with Crippen molar-refractivity contribution in [2.24, 2.45) is 17.8 Å². The second-order valence-electron chi connectivity index (χ2n) is 8.52. The minimum atomic E-state index is 0.105. The maximum absolute atomic E-state index is 13.2. The maximum Gasteiger partial charge on any atom is 0.268 e. The fraction of sp³-hybridized carbons (Fsp3) is 0.609. The second-order valence-corrected chi connectivity index (χ2v) is 8.52. The SMILES string of the molecule is CCc1ccc2c(c1)c(C)c(C(=O)NC(C)C1CC3CCC1C3)n2CC. The smallest absolute Gasteiger partial charge is 0.268 e. The summed E-state index contributed by atoms with van der Waals surface area (Å²) in [7, 11) is 0. The Morgan fingerprint density at radius 1 is 1.27 bits per heavy atom. The molecule has 1 heterocycles. The third-order valence-electron chi connectivity index (χ3n) is 7.11. The third kappa shape index (κ3) is 2.76. The molecule has 1 aromatic heterocycles. The van der Waals surface area contributed by atoms with Crippen LogP contribution in [0.15, 0.2) is 18.2 Å². The Kier molecular flexibility index (Phi) is 4.58. The van der Waals surface area contributed by atoms with E-state index < -0.39 is 0 Å². The molecule has 2 saturated carbocycles. The van der Waals surface area contributed by atoms with Crippen molar-refractivity contribution >= 4 is 16.8 Å². The van der Waals surface area contributed by atoms with Gasteiger partial charge in [0.25, 0.3) is 5.91 Å². The van der Waals surface area contributed by atoms with Crippen molar-refractivity contribution < 1.29 is 4.79 Å². The predicted octanol–water partition coefficient (Wildman–Crippen LogP) is 5.09. The van der Waals surface area contributed by atoms with Crippen LogP contribution in [-0.4, -0.2) is 16.5 Å². The summed E-state index contributed by atoms with van der Waals surface area (Å²) in [4.78, 5) is 13.2. The Labute approximate surface area is 157 Å². The van der Waals surface area contributed by atoms with Crippen molar-refractivity contribution in [1.29, 1.82) is 0 Å². The number of carbonyl (C=O) groups is 1. The zero-order chi connectivity index (χ0) is 18.4. The number of benzene rings is 1. The van der Waals surface area contributed by atoms with E-state index in [1.54, 1.807) is 0 Å². The fourth-order valence-corrected chi connectivity index (χ4v) is 5.70. The number of nitrogens with zero attached hydrogens (tertiary/aromatic N) is 1. The number of amides is 1. The van der Waals surface area contributed by atoms with E-state index in [1.807, 2.05) is 0 Å². The standard InChI is InChI=1S/C23H32N2O/c1-5-16-8-10-21-19(12-16)14(3)22(25(21)6-2)23(26)24-15(4)20-13-17-7-9-18(20)11-17/h8,10,12,15,17-18,20H,5-7,9,11,13H2,1-4H3,(H,24,26). The van der Waals surface area contributed by atoms with Gasteiger partial charge >= 0.3 is 0 Å². The van der Waals surface area contributed by atoms with Crippen LogP contribution < -0.4 is 5.32 Å². The zero-order valence-electron chi connectivity index (χ0n) is 16.6. The van der Waals surface area contributed by atoms with Gasteiger partial charge in [0, 0.05) is 23.5 Å². The normalized spacial score (nSPS) is 25.8. The van der Waals surface area contributed by atoms with Crippen molar-refractivity contribution in [3.63, 3.8) is 0 Å². The number of carbonyl (C=O) groups excluding carboxylic acids is 1. The van der Waals surface area contributed by atoms with Crippen LogP contribution in [0.2, 0.25) is 0 Å². The van der Waals surface area contributed by atoms with Crippen LogP contribution in [0.1, 0.15) is 68.1 Å². The van der Waals surface area contributed by atoms with Gasteiger partial charge in [-0.2, -0.15) is 0 Å². The predicted molar refractivity (Wildman–Crippen MR) is 108 cm³/mol. The number of hydrogen-bond donors (Lipinski definition) is 1. The Morgan fingerprint density at radius 3 is 2.69 bits per heavy atom. The lowest BCUT2D eigenvalue weighted by Crippen LogP contribution is -2.41. The van der Waals surface area contributed by atoms with Gasteiger partial charge in [0.2, 0.25) is 0 Å². The van der Waals surface area contributed by atoms with Gasteiger partial charge in [-0.1, -0.05) is 19.4 Å². The van der Waals surface area contributed by atoms with Crippen LogP contribution in [0.25, 0.3) is 10.9 Å². The molecule has 0 aliphatic heterocycles. The van der Waals surface area contributed by atoms with Crippen LogP contribution in [0.3, 0.4) is 0 Å². The molecule has 1 aromatic carbocycles. The molecule has 4 atom stereocenters. The average molecular weight is 353 g/mol. The summed E-state index contributed by atoms with van der Waals surface area (Å²) >= 11 is 0. The summed E-state index contributed by atoms with van der Waals surface area (Å²) in [5.74, 6) is 2.53. The zero-order valence-corrected chi connectivity index (χ0v) is 16.6. The molecule has 4 unspecified atom stereocenters. The molecule has 0 saturated heterocycles. The highest BCUT2D eigenvalue weighted by Crippen LogP contribution is 2.49. The van der Waals surface area contributed by atoms with E-state index in [2.05, 4.69) is 55.8 Å². The number of aromatic nitrogens is 1. The molecule has 0 spiro atoms. The van der Waals surface area contributed by atoms with Crippen molar-refractivity contribution in [2.45, 2.75) is 72.4 Å². The lowest BCUT2D eigenvalue weighted by atomic mass is 9.84. The molecule has 140 valence electrons. The van der Waals surface area contributed by atoms with E-state index in [9.17, 15) is 4.79 Å². The molecule has 26 heavy (non-hydrogen) atoms. The highest BCUT2D eigenvalue weighted by atomic mass is 16.2. The van der Waals surface area contributed by atoms with Gasteiger partial charge in [0.15, 0.2) is 0 Å². The second kappa shape index (κ2) is 6.75. The van der Waals surface area contributed by atoms with Gasteiger partial charge in [-0.15, -0.1) is 0 Å². The van der Waals surface area contributed by atoms with Crippen LogP contribution in [0, 0.1) is 24.7 Å². The number of nitrogens with one attached hydrogen (secondary N) is 1. The number of aryl methyl sites for hydroxylation is 3. The summed E-state index contributed by atoms with van der Waals surface area (Å²) in [5, 5.41) is 4.59. The maximum atomic E-state index is 13.2. The summed E-state index contributed by atoms with van der Waals surface area (Å²) in [5.41, 5.74) is 4.48. The molecule has 4 rings (SSSR count). The Bertz CT molecular complexity index is 834. The van der Waals surface area contributed by atoms with E-state index in [0.29, 0.717) is 5.92 Å². The van der Waals surface area contributed by atoms with Crippen molar-refractivity contribution in [3.05, 3.63) is 35.0 Å². The first-order chi connectivity index (χ1) is 12.5. The van der Waals surface area contributed by atoms with E-state index in [0.717, 1.165) is 36.1 Å². The first-order valence-corrected chi connectivity index (χ1v) is 10.5. The van der Waals surface area contributed by atoms with Gasteiger partial charge in [-0.3, -0.25) is 4.79 Å². The minimum absolute atomic E-state index is 0.105. The summed E-state index contributed by atoms with van der Waals surface area (Å²) in [6.45, 7) is 9.44. The molecule has 2 aliphatic carbocycles. The Balaban J connectivity index is 1.62. The first-order valence-electron chi connectivity index (χ1n) is 10.5. The molecule has 0 radical (unpaired) electrons. The average Bonchev–Trinajstić information content (AvgIpc) is 3.34. The van der Waals surface area contributed by atoms with Crippen LogP contribution >= 0.6 is 0 Å². The largest absolute Gasteiger partial charge is 0.348 e. The van der Waals surface area contributed by atoms with Gasteiger partial charge in [0.05, 0.1) is 0 Å². The molecule has 2 aromatic rings. The van der Waals surface area contributed by atoms with Crippen LogP contribution in [0.4, 0.5) is 0 Å². The molecule has 1 N–H and O–H groups in total. The lowest BCUT2D eigenvalue weighted by molar-refractivity contribution is 0.0905. The van der Waals surface area contributed by atoms with E-state index >= 15 is 0 Å². The molecule has 3 heteroatoms. The van der Waals surface area contributed by atoms with Gasteiger partial charge in [-0.25, -0.2) is 0 Å². The van der Waals surface area contributed by atoms with Gasteiger partial charge < -0.3 is 9.88 Å². The highest BCUT2D eigenvalue weighted by molar-refractivity contribution is 6.02. The fourth-order valence-electron chi connectivity index (χ4n) is 5.70. The van der Waals surface area contributed by atoms with Crippen LogP contribution in [-0.2, 0) is 13.0 Å². The van der Waals surface area contributed by atoms with E-state index in [1.165, 1.54) is 42.1 Å².